The van der Waals surface area contributed by atoms with Crippen LogP contribution in [0, 0.1) is 5.92 Å². The van der Waals surface area contributed by atoms with Gasteiger partial charge in [0.2, 0.25) is 11.9 Å². The molecule has 0 radical (unpaired) electrons. The summed E-state index contributed by atoms with van der Waals surface area (Å²) in [5, 5.41) is 9.61. The first-order chi connectivity index (χ1) is 9.10. The predicted molar refractivity (Wildman–Crippen MR) is 72.0 cm³/mol. The van der Waals surface area contributed by atoms with Crippen molar-refractivity contribution >= 4 is 11.9 Å². The number of rotatable bonds is 5. The van der Waals surface area contributed by atoms with Gasteiger partial charge < -0.3 is 20.5 Å². The van der Waals surface area contributed by atoms with Crippen LogP contribution in [0.1, 0.15) is 26.7 Å². The molecule has 0 saturated carbocycles. The summed E-state index contributed by atoms with van der Waals surface area (Å²) in [5.74, 6) is 0.941. The number of hydrogen-bond acceptors (Lipinski definition) is 7. The van der Waals surface area contributed by atoms with Gasteiger partial charge in [0, 0.05) is 19.0 Å². The van der Waals surface area contributed by atoms with E-state index in [4.69, 9.17) is 10.5 Å². The van der Waals surface area contributed by atoms with Gasteiger partial charge in [-0.2, -0.15) is 15.0 Å². The Balaban J connectivity index is 2.09. The Hall–Kier alpha value is -1.63. The number of nitrogens with zero attached hydrogens (tertiary/aromatic N) is 4. The van der Waals surface area contributed by atoms with Crippen LogP contribution in [-0.2, 0) is 0 Å². The van der Waals surface area contributed by atoms with Gasteiger partial charge in [-0.05, 0) is 19.8 Å². The molecule has 2 rings (SSSR count). The van der Waals surface area contributed by atoms with E-state index in [2.05, 4.69) is 15.0 Å². The van der Waals surface area contributed by atoms with Gasteiger partial charge in [-0.1, -0.05) is 6.92 Å². The first-order valence-electron chi connectivity index (χ1n) is 6.67. The van der Waals surface area contributed by atoms with Gasteiger partial charge in [0.1, 0.15) is 0 Å². The Labute approximate surface area is 112 Å². The maximum absolute atomic E-state index is 9.61. The number of aliphatic hydroxyl groups excluding tert-OH is 1. The summed E-state index contributed by atoms with van der Waals surface area (Å²) in [7, 11) is 0. The summed E-state index contributed by atoms with van der Waals surface area (Å²) >= 11 is 0. The van der Waals surface area contributed by atoms with Gasteiger partial charge in [0.15, 0.2) is 0 Å². The van der Waals surface area contributed by atoms with E-state index in [0.29, 0.717) is 12.6 Å². The van der Waals surface area contributed by atoms with Crippen molar-refractivity contribution in [1.82, 2.24) is 15.0 Å². The molecular formula is C12H21N5O2. The number of nitrogen functional groups attached to an aromatic ring is 1. The first kappa shape index (κ1) is 13.8. The van der Waals surface area contributed by atoms with Gasteiger partial charge in [-0.3, -0.25) is 0 Å². The lowest BCUT2D eigenvalue weighted by molar-refractivity contribution is 0.136. The fraction of sp³-hybridized carbons (Fsp3) is 0.750. The molecular weight excluding hydrogens is 246 g/mol. The van der Waals surface area contributed by atoms with Crippen LogP contribution < -0.4 is 15.4 Å². The number of anilines is 2. The van der Waals surface area contributed by atoms with Gasteiger partial charge in [0.05, 0.1) is 12.7 Å². The van der Waals surface area contributed by atoms with E-state index in [1.165, 1.54) is 0 Å². The average molecular weight is 267 g/mol. The number of aliphatic hydroxyl groups is 1. The standard InChI is InChI=1S/C12H21N5O2/c1-3-6-19-12-15-10(13)14-11(16-12)17-5-4-9(7-17)8(2)18/h8-9,18H,3-7H2,1-2H3,(H2,13,14,15,16). The molecule has 2 heterocycles. The lowest BCUT2D eigenvalue weighted by Crippen LogP contribution is -2.26. The van der Waals surface area contributed by atoms with E-state index in [1.54, 1.807) is 0 Å². The smallest absolute Gasteiger partial charge is 0.323 e. The second-order valence-electron chi connectivity index (χ2n) is 4.86. The van der Waals surface area contributed by atoms with Crippen LogP contribution in [0.3, 0.4) is 0 Å². The second kappa shape index (κ2) is 6.01. The molecule has 0 spiro atoms. The summed E-state index contributed by atoms with van der Waals surface area (Å²) in [6.45, 7) is 5.92. The van der Waals surface area contributed by atoms with Crippen molar-refractivity contribution in [2.45, 2.75) is 32.8 Å². The zero-order chi connectivity index (χ0) is 13.8. The second-order valence-corrected chi connectivity index (χ2v) is 4.86. The minimum absolute atomic E-state index is 0.164. The van der Waals surface area contributed by atoms with Crippen LogP contribution >= 0.6 is 0 Å². The highest BCUT2D eigenvalue weighted by atomic mass is 16.5. The molecule has 7 nitrogen and oxygen atoms in total. The highest BCUT2D eigenvalue weighted by molar-refractivity contribution is 5.37. The van der Waals surface area contributed by atoms with Crippen molar-refractivity contribution in [3.05, 3.63) is 0 Å². The average Bonchev–Trinajstić information content (AvgIpc) is 2.85. The molecule has 1 aromatic rings. The maximum Gasteiger partial charge on any atom is 0.323 e. The highest BCUT2D eigenvalue weighted by Crippen LogP contribution is 2.24. The van der Waals surface area contributed by atoms with Gasteiger partial charge >= 0.3 is 6.01 Å². The third-order valence-electron chi connectivity index (χ3n) is 3.25. The SMILES string of the molecule is CCCOc1nc(N)nc(N2CCC(C(C)O)C2)n1. The van der Waals surface area contributed by atoms with E-state index in [-0.39, 0.29) is 24.0 Å². The molecule has 2 unspecified atom stereocenters. The Morgan fingerprint density at radius 2 is 2.26 bits per heavy atom. The molecule has 2 atom stereocenters. The first-order valence-corrected chi connectivity index (χ1v) is 6.67. The van der Waals surface area contributed by atoms with Crippen LogP contribution in [-0.4, -0.2) is 45.9 Å². The van der Waals surface area contributed by atoms with Crippen molar-refractivity contribution in [1.29, 1.82) is 0 Å². The molecule has 7 heteroatoms. The molecule has 1 aromatic heterocycles. The molecule has 0 aromatic carbocycles. The van der Waals surface area contributed by atoms with Crippen LogP contribution in [0.4, 0.5) is 11.9 Å². The van der Waals surface area contributed by atoms with E-state index < -0.39 is 0 Å². The van der Waals surface area contributed by atoms with Crippen LogP contribution in [0.2, 0.25) is 0 Å². The Morgan fingerprint density at radius 1 is 1.47 bits per heavy atom. The number of nitrogens with two attached hydrogens (primary N) is 1. The molecule has 1 fully saturated rings. The van der Waals surface area contributed by atoms with Crippen molar-refractivity contribution in [2.75, 3.05) is 30.3 Å². The summed E-state index contributed by atoms with van der Waals surface area (Å²) in [4.78, 5) is 14.4. The molecule has 0 aliphatic carbocycles. The fourth-order valence-corrected chi connectivity index (χ4v) is 2.12. The quantitative estimate of drug-likeness (QED) is 0.799. The lowest BCUT2D eigenvalue weighted by atomic mass is 10.0. The normalized spacial score (nSPS) is 20.6. The Bertz CT molecular complexity index is 427. The third-order valence-corrected chi connectivity index (χ3v) is 3.25. The van der Waals surface area contributed by atoms with Crippen molar-refractivity contribution in [3.63, 3.8) is 0 Å². The topological polar surface area (TPSA) is 97.4 Å². The van der Waals surface area contributed by atoms with Crippen molar-refractivity contribution < 1.29 is 9.84 Å². The zero-order valence-electron chi connectivity index (χ0n) is 11.4. The summed E-state index contributed by atoms with van der Waals surface area (Å²) in [6, 6.07) is 0.268. The summed E-state index contributed by atoms with van der Waals surface area (Å²) in [5.41, 5.74) is 5.67. The zero-order valence-corrected chi connectivity index (χ0v) is 11.4. The minimum Gasteiger partial charge on any atom is -0.463 e. The number of aromatic nitrogens is 3. The van der Waals surface area contributed by atoms with E-state index in [0.717, 1.165) is 25.9 Å². The van der Waals surface area contributed by atoms with E-state index in [9.17, 15) is 5.11 Å². The molecule has 1 saturated heterocycles. The highest BCUT2D eigenvalue weighted by Gasteiger charge is 2.28. The van der Waals surface area contributed by atoms with E-state index in [1.807, 2.05) is 18.7 Å². The lowest BCUT2D eigenvalue weighted by Gasteiger charge is -2.18. The fourth-order valence-electron chi connectivity index (χ4n) is 2.12. The Kier molecular flexibility index (Phi) is 4.36. The molecule has 19 heavy (non-hydrogen) atoms. The van der Waals surface area contributed by atoms with Gasteiger partial charge in [-0.15, -0.1) is 0 Å². The predicted octanol–water partition coefficient (Wildman–Crippen LogP) is 0.450. The molecule has 3 N–H and O–H groups in total. The van der Waals surface area contributed by atoms with Crippen LogP contribution in [0.15, 0.2) is 0 Å². The minimum atomic E-state index is -0.319. The van der Waals surface area contributed by atoms with E-state index >= 15 is 0 Å². The van der Waals surface area contributed by atoms with Crippen LogP contribution in [0.5, 0.6) is 6.01 Å². The summed E-state index contributed by atoms with van der Waals surface area (Å²) < 4.78 is 5.39. The van der Waals surface area contributed by atoms with Crippen molar-refractivity contribution in [3.8, 4) is 6.01 Å². The molecule has 0 bridgehead atoms. The van der Waals surface area contributed by atoms with Crippen LogP contribution in [0.25, 0.3) is 0 Å². The largest absolute Gasteiger partial charge is 0.463 e. The number of ether oxygens (including phenoxy) is 1. The number of hydrogen-bond donors (Lipinski definition) is 2. The third kappa shape index (κ3) is 3.44. The maximum atomic E-state index is 9.61. The van der Waals surface area contributed by atoms with Gasteiger partial charge in [-0.25, -0.2) is 0 Å². The monoisotopic (exact) mass is 267 g/mol. The summed E-state index contributed by atoms with van der Waals surface area (Å²) in [6.07, 6.45) is 1.49. The molecule has 0 amide bonds. The van der Waals surface area contributed by atoms with Gasteiger partial charge in [0.25, 0.3) is 0 Å². The Morgan fingerprint density at radius 3 is 2.89 bits per heavy atom. The molecule has 106 valence electrons. The molecule has 1 aliphatic rings. The van der Waals surface area contributed by atoms with Crippen molar-refractivity contribution in [2.24, 2.45) is 5.92 Å². The molecule has 1 aliphatic heterocycles.